The molecule has 0 aromatic rings. The SMILES string of the molecule is CCCC1CC(=O)N(CC(O)C2CCOC2)C1. The number of hydrogen-bond donors (Lipinski definition) is 1. The third-order valence-electron chi connectivity index (χ3n) is 3.91. The molecule has 0 aromatic carbocycles. The van der Waals surface area contributed by atoms with E-state index in [-0.39, 0.29) is 11.8 Å². The van der Waals surface area contributed by atoms with Crippen molar-refractivity contribution in [1.29, 1.82) is 0 Å². The molecule has 98 valence electrons. The highest BCUT2D eigenvalue weighted by molar-refractivity contribution is 5.78. The van der Waals surface area contributed by atoms with Gasteiger partial charge in [-0.1, -0.05) is 13.3 Å². The summed E-state index contributed by atoms with van der Waals surface area (Å²) >= 11 is 0. The fourth-order valence-corrected chi connectivity index (χ4v) is 2.86. The van der Waals surface area contributed by atoms with E-state index in [9.17, 15) is 9.90 Å². The first kappa shape index (κ1) is 12.8. The van der Waals surface area contributed by atoms with Gasteiger partial charge in [-0.2, -0.15) is 0 Å². The summed E-state index contributed by atoms with van der Waals surface area (Å²) in [4.78, 5) is 13.6. The summed E-state index contributed by atoms with van der Waals surface area (Å²) in [5, 5.41) is 10.1. The average Bonchev–Trinajstić information content (AvgIpc) is 2.90. The molecular weight excluding hydrogens is 218 g/mol. The summed E-state index contributed by atoms with van der Waals surface area (Å²) < 4.78 is 5.27. The smallest absolute Gasteiger partial charge is 0.223 e. The van der Waals surface area contributed by atoms with E-state index in [0.29, 0.717) is 25.5 Å². The Morgan fingerprint density at radius 1 is 1.59 bits per heavy atom. The molecule has 2 rings (SSSR count). The number of ether oxygens (including phenoxy) is 1. The molecule has 1 amide bonds. The van der Waals surface area contributed by atoms with Crippen LogP contribution in [0, 0.1) is 11.8 Å². The standard InChI is InChI=1S/C13H23NO3/c1-2-3-10-6-13(16)14(7-10)8-12(15)11-4-5-17-9-11/h10-12,15H,2-9H2,1H3. The molecule has 0 bridgehead atoms. The number of amides is 1. The van der Waals surface area contributed by atoms with Crippen molar-refractivity contribution in [2.45, 2.75) is 38.7 Å². The lowest BCUT2D eigenvalue weighted by atomic mass is 10.0. The van der Waals surface area contributed by atoms with Crippen molar-refractivity contribution < 1.29 is 14.6 Å². The minimum atomic E-state index is -0.415. The van der Waals surface area contributed by atoms with Crippen LogP contribution < -0.4 is 0 Å². The summed E-state index contributed by atoms with van der Waals surface area (Å²) in [7, 11) is 0. The van der Waals surface area contributed by atoms with Crippen molar-refractivity contribution in [2.24, 2.45) is 11.8 Å². The maximum atomic E-state index is 11.8. The number of aliphatic hydroxyl groups is 1. The highest BCUT2D eigenvalue weighted by Gasteiger charge is 2.32. The molecule has 0 spiro atoms. The zero-order valence-electron chi connectivity index (χ0n) is 10.6. The molecule has 3 atom stereocenters. The molecule has 4 nitrogen and oxygen atoms in total. The van der Waals surface area contributed by atoms with Crippen LogP contribution in [0.2, 0.25) is 0 Å². The van der Waals surface area contributed by atoms with Gasteiger partial charge >= 0.3 is 0 Å². The molecule has 2 saturated heterocycles. The average molecular weight is 241 g/mol. The van der Waals surface area contributed by atoms with E-state index in [4.69, 9.17) is 4.74 Å². The Balaban J connectivity index is 1.80. The minimum Gasteiger partial charge on any atom is -0.391 e. The zero-order chi connectivity index (χ0) is 12.3. The molecule has 2 fully saturated rings. The zero-order valence-corrected chi connectivity index (χ0v) is 10.6. The monoisotopic (exact) mass is 241 g/mol. The molecule has 0 aromatic heterocycles. The predicted octanol–water partition coefficient (Wildman–Crippen LogP) is 1.03. The van der Waals surface area contributed by atoms with E-state index in [0.717, 1.165) is 32.4 Å². The van der Waals surface area contributed by atoms with Crippen molar-refractivity contribution in [3.63, 3.8) is 0 Å². The van der Waals surface area contributed by atoms with Gasteiger partial charge < -0.3 is 14.7 Å². The number of carbonyl (C=O) groups excluding carboxylic acids is 1. The number of hydrogen-bond acceptors (Lipinski definition) is 3. The predicted molar refractivity (Wildman–Crippen MR) is 64.5 cm³/mol. The molecule has 2 heterocycles. The van der Waals surface area contributed by atoms with Gasteiger partial charge in [0.25, 0.3) is 0 Å². The fourth-order valence-electron chi connectivity index (χ4n) is 2.86. The second-order valence-corrected chi connectivity index (χ2v) is 5.35. The van der Waals surface area contributed by atoms with E-state index < -0.39 is 6.10 Å². The van der Waals surface area contributed by atoms with Crippen molar-refractivity contribution in [2.75, 3.05) is 26.3 Å². The lowest BCUT2D eigenvalue weighted by Crippen LogP contribution is -2.37. The van der Waals surface area contributed by atoms with E-state index in [1.54, 1.807) is 0 Å². The third kappa shape index (κ3) is 3.19. The van der Waals surface area contributed by atoms with Gasteiger partial charge in [-0.25, -0.2) is 0 Å². The molecule has 1 N–H and O–H groups in total. The van der Waals surface area contributed by atoms with Gasteiger partial charge in [0, 0.05) is 32.0 Å². The molecule has 0 aliphatic carbocycles. The first-order valence-electron chi connectivity index (χ1n) is 6.74. The van der Waals surface area contributed by atoms with Crippen LogP contribution in [0.1, 0.15) is 32.6 Å². The summed E-state index contributed by atoms with van der Waals surface area (Å²) in [5.41, 5.74) is 0. The second kappa shape index (κ2) is 5.83. The van der Waals surface area contributed by atoms with Crippen LogP contribution in [-0.2, 0) is 9.53 Å². The van der Waals surface area contributed by atoms with Crippen LogP contribution in [-0.4, -0.2) is 48.3 Å². The lowest BCUT2D eigenvalue weighted by molar-refractivity contribution is -0.129. The Kier molecular flexibility index (Phi) is 4.40. The summed E-state index contributed by atoms with van der Waals surface area (Å²) in [6.07, 6.45) is 3.42. The van der Waals surface area contributed by atoms with Gasteiger partial charge in [0.05, 0.1) is 12.7 Å². The Morgan fingerprint density at radius 3 is 3.06 bits per heavy atom. The first-order valence-corrected chi connectivity index (χ1v) is 6.74. The van der Waals surface area contributed by atoms with Crippen LogP contribution in [0.15, 0.2) is 0 Å². The van der Waals surface area contributed by atoms with Gasteiger partial charge in [0.2, 0.25) is 5.91 Å². The van der Waals surface area contributed by atoms with E-state index in [1.807, 2.05) is 4.90 Å². The molecule has 17 heavy (non-hydrogen) atoms. The minimum absolute atomic E-state index is 0.210. The van der Waals surface area contributed by atoms with Crippen molar-refractivity contribution in [3.05, 3.63) is 0 Å². The third-order valence-corrected chi connectivity index (χ3v) is 3.91. The molecular formula is C13H23NO3. The van der Waals surface area contributed by atoms with Gasteiger partial charge in [-0.05, 0) is 18.8 Å². The van der Waals surface area contributed by atoms with Crippen LogP contribution in [0.3, 0.4) is 0 Å². The maximum Gasteiger partial charge on any atom is 0.223 e. The normalized spacial score (nSPS) is 31.2. The van der Waals surface area contributed by atoms with Crippen molar-refractivity contribution >= 4 is 5.91 Å². The topological polar surface area (TPSA) is 49.8 Å². The highest BCUT2D eigenvalue weighted by atomic mass is 16.5. The number of rotatable bonds is 5. The number of nitrogens with zero attached hydrogens (tertiary/aromatic N) is 1. The maximum absolute atomic E-state index is 11.8. The summed E-state index contributed by atoms with van der Waals surface area (Å²) in [6, 6.07) is 0. The largest absolute Gasteiger partial charge is 0.391 e. The van der Waals surface area contributed by atoms with Crippen LogP contribution in [0.4, 0.5) is 0 Å². The molecule has 2 aliphatic rings. The number of β-amino-alcohol motifs (C(OH)–C–C–N with tert-alkyl or cyclic N) is 1. The quantitative estimate of drug-likeness (QED) is 0.782. The second-order valence-electron chi connectivity index (χ2n) is 5.35. The van der Waals surface area contributed by atoms with Crippen LogP contribution in [0.5, 0.6) is 0 Å². The number of likely N-dealkylation sites (tertiary alicyclic amines) is 1. The molecule has 0 saturated carbocycles. The fraction of sp³-hybridized carbons (Fsp3) is 0.923. The first-order chi connectivity index (χ1) is 8.20. The Morgan fingerprint density at radius 2 is 2.41 bits per heavy atom. The van der Waals surface area contributed by atoms with Crippen LogP contribution in [0.25, 0.3) is 0 Å². The Hall–Kier alpha value is -0.610. The molecule has 2 aliphatic heterocycles. The van der Waals surface area contributed by atoms with Gasteiger partial charge in [-0.3, -0.25) is 4.79 Å². The number of carbonyl (C=O) groups is 1. The Labute approximate surface area is 103 Å². The lowest BCUT2D eigenvalue weighted by Gasteiger charge is -2.23. The van der Waals surface area contributed by atoms with E-state index >= 15 is 0 Å². The van der Waals surface area contributed by atoms with Gasteiger partial charge in [0.1, 0.15) is 0 Å². The van der Waals surface area contributed by atoms with E-state index in [1.165, 1.54) is 0 Å². The van der Waals surface area contributed by atoms with E-state index in [2.05, 4.69) is 6.92 Å². The summed E-state index contributed by atoms with van der Waals surface area (Å²) in [5.74, 6) is 0.925. The van der Waals surface area contributed by atoms with Crippen molar-refractivity contribution in [3.8, 4) is 0 Å². The summed E-state index contributed by atoms with van der Waals surface area (Å²) in [6.45, 7) is 4.86. The van der Waals surface area contributed by atoms with Crippen LogP contribution >= 0.6 is 0 Å². The molecule has 3 unspecified atom stereocenters. The molecule has 4 heteroatoms. The number of aliphatic hydroxyl groups excluding tert-OH is 1. The Bertz CT molecular complexity index is 263. The highest BCUT2D eigenvalue weighted by Crippen LogP contribution is 2.24. The van der Waals surface area contributed by atoms with Gasteiger partial charge in [0.15, 0.2) is 0 Å². The van der Waals surface area contributed by atoms with Crippen molar-refractivity contribution in [1.82, 2.24) is 4.90 Å². The van der Waals surface area contributed by atoms with Gasteiger partial charge in [-0.15, -0.1) is 0 Å². The molecule has 0 radical (unpaired) electrons.